The molecule has 0 aromatic heterocycles. The number of carbonyl (C=O) groups excluding carboxylic acids is 1. The molecular formula is C22H26F2N4O. The second-order valence-corrected chi connectivity index (χ2v) is 6.85. The van der Waals surface area contributed by atoms with Crippen molar-refractivity contribution in [2.24, 2.45) is 0 Å². The summed E-state index contributed by atoms with van der Waals surface area (Å²) in [6, 6.07) is 8.86. The van der Waals surface area contributed by atoms with Gasteiger partial charge in [-0.25, -0.2) is 8.78 Å². The summed E-state index contributed by atoms with van der Waals surface area (Å²) in [7, 11) is 0. The minimum Gasteiger partial charge on any atom is -0.383 e. The average Bonchev–Trinajstić information content (AvgIpc) is 3.02. The van der Waals surface area contributed by atoms with Gasteiger partial charge in [0.15, 0.2) is 0 Å². The lowest BCUT2D eigenvalue weighted by Gasteiger charge is -2.18. The maximum atomic E-state index is 14.4. The SMILES string of the molecule is CCN(CC)CCCNc1ccc(NC=C2C(=O)Nc3ccc(F)cc32)cc1F. The highest BCUT2D eigenvalue weighted by Crippen LogP contribution is 2.32. The Morgan fingerprint density at radius 3 is 2.62 bits per heavy atom. The molecule has 0 unspecified atom stereocenters. The van der Waals surface area contributed by atoms with Gasteiger partial charge in [0.25, 0.3) is 5.91 Å². The molecule has 0 saturated carbocycles. The van der Waals surface area contributed by atoms with Gasteiger partial charge < -0.3 is 20.9 Å². The third-order valence-corrected chi connectivity index (χ3v) is 4.98. The molecule has 1 aliphatic heterocycles. The smallest absolute Gasteiger partial charge is 0.257 e. The van der Waals surface area contributed by atoms with E-state index in [4.69, 9.17) is 0 Å². The molecule has 2 aromatic rings. The molecule has 0 aliphatic carbocycles. The minimum absolute atomic E-state index is 0.304. The fraction of sp³-hybridized carbons (Fsp3) is 0.318. The number of benzene rings is 2. The van der Waals surface area contributed by atoms with Crippen molar-refractivity contribution in [1.82, 2.24) is 4.90 Å². The number of carbonyl (C=O) groups is 1. The van der Waals surface area contributed by atoms with E-state index < -0.39 is 5.82 Å². The Bertz CT molecular complexity index is 910. The van der Waals surface area contributed by atoms with Crippen LogP contribution < -0.4 is 16.0 Å². The zero-order valence-corrected chi connectivity index (χ0v) is 16.7. The van der Waals surface area contributed by atoms with Crippen molar-refractivity contribution in [3.05, 3.63) is 59.8 Å². The molecule has 0 atom stereocenters. The van der Waals surface area contributed by atoms with Crippen molar-refractivity contribution >= 4 is 28.5 Å². The molecule has 2 aromatic carbocycles. The van der Waals surface area contributed by atoms with Crippen molar-refractivity contribution < 1.29 is 13.6 Å². The van der Waals surface area contributed by atoms with Crippen LogP contribution in [0.5, 0.6) is 0 Å². The third-order valence-electron chi connectivity index (χ3n) is 4.98. The summed E-state index contributed by atoms with van der Waals surface area (Å²) in [6.07, 6.45) is 2.39. The van der Waals surface area contributed by atoms with Gasteiger partial charge in [-0.15, -0.1) is 0 Å². The summed E-state index contributed by atoms with van der Waals surface area (Å²) >= 11 is 0. The number of halogens is 2. The van der Waals surface area contributed by atoms with Crippen molar-refractivity contribution in [3.8, 4) is 0 Å². The second kappa shape index (κ2) is 9.52. The Labute approximate surface area is 169 Å². The number of nitrogens with zero attached hydrogens (tertiary/aromatic N) is 1. The normalized spacial score (nSPS) is 14.2. The van der Waals surface area contributed by atoms with E-state index in [2.05, 4.69) is 34.7 Å². The molecule has 5 nitrogen and oxygen atoms in total. The first-order valence-electron chi connectivity index (χ1n) is 9.85. The minimum atomic E-state index is -0.423. The van der Waals surface area contributed by atoms with Crippen molar-refractivity contribution in [3.63, 3.8) is 0 Å². The maximum Gasteiger partial charge on any atom is 0.257 e. The van der Waals surface area contributed by atoms with Crippen LogP contribution in [0, 0.1) is 11.6 Å². The van der Waals surface area contributed by atoms with E-state index in [-0.39, 0.29) is 11.7 Å². The number of nitrogens with one attached hydrogen (secondary N) is 3. The van der Waals surface area contributed by atoms with E-state index in [1.807, 2.05) is 0 Å². The first-order chi connectivity index (χ1) is 14.0. The van der Waals surface area contributed by atoms with E-state index in [9.17, 15) is 13.6 Å². The molecule has 0 bridgehead atoms. The molecule has 3 rings (SSSR count). The van der Waals surface area contributed by atoms with E-state index >= 15 is 0 Å². The van der Waals surface area contributed by atoms with Crippen LogP contribution >= 0.6 is 0 Å². The Balaban J connectivity index is 1.61. The molecular weight excluding hydrogens is 374 g/mol. The predicted octanol–water partition coefficient (Wildman–Crippen LogP) is 4.51. The van der Waals surface area contributed by atoms with Crippen LogP contribution in [0.4, 0.5) is 25.8 Å². The number of amides is 1. The van der Waals surface area contributed by atoms with Crippen molar-refractivity contribution in [2.45, 2.75) is 20.3 Å². The van der Waals surface area contributed by atoms with Gasteiger partial charge in [-0.3, -0.25) is 4.79 Å². The summed E-state index contributed by atoms with van der Waals surface area (Å²) in [5, 5.41) is 8.71. The van der Waals surface area contributed by atoms with E-state index in [1.165, 1.54) is 30.5 Å². The lowest BCUT2D eigenvalue weighted by molar-refractivity contribution is -0.110. The topological polar surface area (TPSA) is 56.4 Å². The largest absolute Gasteiger partial charge is 0.383 e. The summed E-state index contributed by atoms with van der Waals surface area (Å²) < 4.78 is 27.9. The Hall–Kier alpha value is -2.93. The van der Waals surface area contributed by atoms with Gasteiger partial charge in [-0.2, -0.15) is 0 Å². The molecule has 0 radical (unpaired) electrons. The summed E-state index contributed by atoms with van der Waals surface area (Å²) in [5.41, 5.74) is 2.28. The number of fused-ring (bicyclic) bond motifs is 1. The molecule has 3 N–H and O–H groups in total. The van der Waals surface area contributed by atoms with E-state index in [0.29, 0.717) is 34.7 Å². The first-order valence-corrected chi connectivity index (χ1v) is 9.85. The van der Waals surface area contributed by atoms with Crippen LogP contribution in [0.15, 0.2) is 42.6 Å². The molecule has 1 heterocycles. The van der Waals surface area contributed by atoms with Crippen LogP contribution in [0.25, 0.3) is 5.57 Å². The first kappa shape index (κ1) is 20.8. The average molecular weight is 400 g/mol. The lowest BCUT2D eigenvalue weighted by atomic mass is 10.1. The second-order valence-electron chi connectivity index (χ2n) is 6.85. The van der Waals surface area contributed by atoms with E-state index in [1.54, 1.807) is 12.1 Å². The quantitative estimate of drug-likeness (QED) is 0.428. The van der Waals surface area contributed by atoms with Crippen molar-refractivity contribution in [2.75, 3.05) is 42.1 Å². The molecule has 0 spiro atoms. The van der Waals surface area contributed by atoms with Crippen LogP contribution in [0.3, 0.4) is 0 Å². The summed E-state index contributed by atoms with van der Waals surface area (Å²) in [4.78, 5) is 14.4. The Kier molecular flexibility index (Phi) is 6.82. The number of rotatable bonds is 9. The highest BCUT2D eigenvalue weighted by atomic mass is 19.1. The zero-order valence-electron chi connectivity index (χ0n) is 16.7. The summed E-state index contributed by atoms with van der Waals surface area (Å²) in [6.45, 7) is 7.93. The van der Waals surface area contributed by atoms with Gasteiger partial charge in [0.1, 0.15) is 11.6 Å². The highest BCUT2D eigenvalue weighted by molar-refractivity contribution is 6.31. The van der Waals surface area contributed by atoms with Crippen LogP contribution in [-0.2, 0) is 4.79 Å². The maximum absolute atomic E-state index is 14.4. The fourth-order valence-electron chi connectivity index (χ4n) is 3.27. The van der Waals surface area contributed by atoms with Crippen LogP contribution in [0.1, 0.15) is 25.8 Å². The third kappa shape index (κ3) is 5.12. The van der Waals surface area contributed by atoms with Gasteiger partial charge in [-0.05, 0) is 62.5 Å². The van der Waals surface area contributed by atoms with Gasteiger partial charge in [0.05, 0.1) is 11.3 Å². The van der Waals surface area contributed by atoms with Gasteiger partial charge in [-0.1, -0.05) is 13.8 Å². The number of hydrogen-bond donors (Lipinski definition) is 3. The lowest BCUT2D eigenvalue weighted by Crippen LogP contribution is -2.25. The molecule has 1 aliphatic rings. The van der Waals surface area contributed by atoms with Gasteiger partial charge in [0.2, 0.25) is 0 Å². The Morgan fingerprint density at radius 1 is 1.10 bits per heavy atom. The standard InChI is InChI=1S/C22H26F2N4O/c1-3-28(4-2)11-5-10-25-21-9-7-16(13-19(21)24)26-14-18-17-12-15(23)6-8-20(17)27-22(18)29/h6-9,12-14,25-26H,3-5,10-11H2,1-2H3,(H,27,29). The van der Waals surface area contributed by atoms with Crippen LogP contribution in [-0.4, -0.2) is 37.0 Å². The fourth-order valence-corrected chi connectivity index (χ4v) is 3.27. The molecule has 29 heavy (non-hydrogen) atoms. The molecule has 154 valence electrons. The molecule has 1 amide bonds. The summed E-state index contributed by atoms with van der Waals surface area (Å²) in [5.74, 6) is -1.13. The van der Waals surface area contributed by atoms with Gasteiger partial charge >= 0.3 is 0 Å². The Morgan fingerprint density at radius 2 is 1.90 bits per heavy atom. The predicted molar refractivity (Wildman–Crippen MR) is 114 cm³/mol. The van der Waals surface area contributed by atoms with E-state index in [0.717, 1.165) is 26.1 Å². The monoisotopic (exact) mass is 400 g/mol. The zero-order chi connectivity index (χ0) is 20.8. The molecule has 0 fully saturated rings. The molecule has 0 saturated heterocycles. The number of anilines is 3. The van der Waals surface area contributed by atoms with Crippen LogP contribution in [0.2, 0.25) is 0 Å². The molecule has 7 heteroatoms. The number of hydrogen-bond acceptors (Lipinski definition) is 4. The van der Waals surface area contributed by atoms with Gasteiger partial charge in [0, 0.05) is 29.7 Å². The highest BCUT2D eigenvalue weighted by Gasteiger charge is 2.24. The van der Waals surface area contributed by atoms with Crippen molar-refractivity contribution in [1.29, 1.82) is 0 Å².